The summed E-state index contributed by atoms with van der Waals surface area (Å²) >= 11 is 0. The van der Waals surface area contributed by atoms with Gasteiger partial charge in [-0.25, -0.2) is 13.2 Å². The molecule has 30 heavy (non-hydrogen) atoms. The summed E-state index contributed by atoms with van der Waals surface area (Å²) in [5.74, 6) is -6.95. The summed E-state index contributed by atoms with van der Waals surface area (Å²) in [4.78, 5) is 25.2. The highest BCUT2D eigenvalue weighted by Gasteiger charge is 2.28. The van der Waals surface area contributed by atoms with E-state index in [4.69, 9.17) is 4.74 Å². The minimum Gasteiger partial charge on any atom is -0.452 e. The topological polar surface area (TPSA) is 55.4 Å². The van der Waals surface area contributed by atoms with Gasteiger partial charge in [-0.05, 0) is 30.2 Å². The first-order valence-electron chi connectivity index (χ1n) is 9.13. The summed E-state index contributed by atoms with van der Waals surface area (Å²) in [5, 5.41) is 2.10. The Morgan fingerprint density at radius 1 is 0.800 bits per heavy atom. The Hall–Kier alpha value is -3.61. The summed E-state index contributed by atoms with van der Waals surface area (Å²) in [5.41, 5.74) is 0.797. The van der Waals surface area contributed by atoms with Crippen LogP contribution in [-0.4, -0.2) is 18.0 Å². The predicted molar refractivity (Wildman–Crippen MR) is 105 cm³/mol. The molecule has 1 atom stereocenters. The van der Waals surface area contributed by atoms with Crippen LogP contribution in [0.4, 0.5) is 18.9 Å². The maximum Gasteiger partial charge on any atom is 0.318 e. The van der Waals surface area contributed by atoms with Crippen molar-refractivity contribution in [3.63, 3.8) is 0 Å². The Labute approximate surface area is 171 Å². The van der Waals surface area contributed by atoms with Gasteiger partial charge in [-0.1, -0.05) is 60.7 Å². The third-order valence-electron chi connectivity index (χ3n) is 4.46. The van der Waals surface area contributed by atoms with Gasteiger partial charge in [-0.3, -0.25) is 9.59 Å². The number of nitrogens with one attached hydrogen (secondary N) is 1. The van der Waals surface area contributed by atoms with Crippen LogP contribution < -0.4 is 5.32 Å². The fourth-order valence-corrected chi connectivity index (χ4v) is 2.91. The lowest BCUT2D eigenvalue weighted by Crippen LogP contribution is -2.32. The molecule has 0 aliphatic rings. The second-order valence-electron chi connectivity index (χ2n) is 6.55. The van der Waals surface area contributed by atoms with E-state index in [2.05, 4.69) is 5.32 Å². The lowest BCUT2D eigenvalue weighted by Gasteiger charge is -2.20. The van der Waals surface area contributed by atoms with Crippen molar-refractivity contribution in [2.75, 3.05) is 5.32 Å². The molecule has 3 aromatic carbocycles. The van der Waals surface area contributed by atoms with Crippen LogP contribution in [0.1, 0.15) is 24.0 Å². The van der Waals surface area contributed by atoms with Crippen LogP contribution in [0.5, 0.6) is 0 Å². The van der Waals surface area contributed by atoms with E-state index in [1.165, 1.54) is 6.92 Å². The minimum atomic E-state index is -1.70. The number of halogens is 3. The summed E-state index contributed by atoms with van der Waals surface area (Å²) in [6.45, 7) is 1.30. The first-order chi connectivity index (χ1) is 14.4. The Bertz CT molecular complexity index is 1000. The third kappa shape index (κ3) is 4.68. The van der Waals surface area contributed by atoms with Gasteiger partial charge in [0.2, 0.25) is 0 Å². The van der Waals surface area contributed by atoms with Crippen molar-refractivity contribution < 1.29 is 27.5 Å². The van der Waals surface area contributed by atoms with Crippen LogP contribution in [0.25, 0.3) is 0 Å². The van der Waals surface area contributed by atoms with Gasteiger partial charge >= 0.3 is 5.97 Å². The zero-order valence-corrected chi connectivity index (χ0v) is 15.9. The van der Waals surface area contributed by atoms with Crippen molar-refractivity contribution in [1.82, 2.24) is 0 Å². The average molecular weight is 413 g/mol. The van der Waals surface area contributed by atoms with Gasteiger partial charge in [0.05, 0.1) is 5.69 Å². The van der Waals surface area contributed by atoms with Crippen LogP contribution in [-0.2, 0) is 14.3 Å². The van der Waals surface area contributed by atoms with Crippen molar-refractivity contribution in [3.8, 4) is 0 Å². The quantitative estimate of drug-likeness (QED) is 0.466. The molecule has 3 aromatic rings. The Morgan fingerprint density at radius 3 is 1.87 bits per heavy atom. The SMILES string of the molecule is C[C@@H](OC(=O)C(c1ccccc1)c1ccccc1)C(=O)Nc1ccc(F)c(F)c1F. The molecule has 0 saturated heterocycles. The molecule has 154 valence electrons. The molecule has 0 heterocycles. The van der Waals surface area contributed by atoms with E-state index in [1.807, 2.05) is 12.1 Å². The van der Waals surface area contributed by atoms with E-state index < -0.39 is 47.0 Å². The normalized spacial score (nSPS) is 11.8. The lowest BCUT2D eigenvalue weighted by atomic mass is 9.91. The van der Waals surface area contributed by atoms with Gasteiger partial charge in [0.1, 0.15) is 5.92 Å². The van der Waals surface area contributed by atoms with Crippen molar-refractivity contribution in [2.45, 2.75) is 18.9 Å². The maximum absolute atomic E-state index is 13.8. The predicted octanol–water partition coefficient (Wildman–Crippen LogP) is 4.81. The van der Waals surface area contributed by atoms with Gasteiger partial charge in [-0.2, -0.15) is 0 Å². The molecule has 7 heteroatoms. The smallest absolute Gasteiger partial charge is 0.318 e. The molecule has 3 rings (SSSR count). The van der Waals surface area contributed by atoms with Gasteiger partial charge < -0.3 is 10.1 Å². The molecule has 1 N–H and O–H groups in total. The highest BCUT2D eigenvalue weighted by Crippen LogP contribution is 2.27. The Balaban J connectivity index is 1.77. The number of anilines is 1. The second kappa shape index (κ2) is 9.26. The fraction of sp³-hybridized carbons (Fsp3) is 0.130. The molecule has 0 fully saturated rings. The molecule has 0 saturated carbocycles. The van der Waals surface area contributed by atoms with Crippen molar-refractivity contribution in [1.29, 1.82) is 0 Å². The van der Waals surface area contributed by atoms with Crippen LogP contribution in [0, 0.1) is 17.5 Å². The van der Waals surface area contributed by atoms with Crippen molar-refractivity contribution >= 4 is 17.6 Å². The Kier molecular flexibility index (Phi) is 6.51. The number of hydrogen-bond donors (Lipinski definition) is 1. The Morgan fingerprint density at radius 2 is 1.33 bits per heavy atom. The highest BCUT2D eigenvalue weighted by molar-refractivity contribution is 5.96. The van der Waals surface area contributed by atoms with E-state index in [0.717, 1.165) is 6.07 Å². The van der Waals surface area contributed by atoms with Crippen LogP contribution in [0.3, 0.4) is 0 Å². The zero-order valence-electron chi connectivity index (χ0n) is 15.9. The summed E-state index contributed by atoms with van der Waals surface area (Å²) in [7, 11) is 0. The fourth-order valence-electron chi connectivity index (χ4n) is 2.91. The second-order valence-corrected chi connectivity index (χ2v) is 6.55. The first kappa shape index (κ1) is 21.1. The molecule has 1 amide bonds. The molecule has 0 aromatic heterocycles. The number of esters is 1. The number of rotatable bonds is 6. The minimum absolute atomic E-state index is 0.551. The summed E-state index contributed by atoms with van der Waals surface area (Å²) in [6.07, 6.45) is -1.31. The molecule has 0 radical (unpaired) electrons. The molecule has 0 aliphatic heterocycles. The third-order valence-corrected chi connectivity index (χ3v) is 4.46. The monoisotopic (exact) mass is 413 g/mol. The number of amides is 1. The molecule has 0 unspecified atom stereocenters. The number of carbonyl (C=O) groups excluding carboxylic acids is 2. The van der Waals surface area contributed by atoms with Gasteiger partial charge in [-0.15, -0.1) is 0 Å². The molecule has 0 spiro atoms. The largest absolute Gasteiger partial charge is 0.452 e. The molecule has 4 nitrogen and oxygen atoms in total. The van der Waals surface area contributed by atoms with E-state index in [0.29, 0.717) is 17.2 Å². The van der Waals surface area contributed by atoms with Gasteiger partial charge in [0.25, 0.3) is 5.91 Å². The molecular formula is C23H18F3NO3. The van der Waals surface area contributed by atoms with Crippen LogP contribution >= 0.6 is 0 Å². The number of benzene rings is 3. The van der Waals surface area contributed by atoms with E-state index in [9.17, 15) is 22.8 Å². The number of ether oxygens (including phenoxy) is 1. The first-order valence-corrected chi connectivity index (χ1v) is 9.13. The van der Waals surface area contributed by atoms with E-state index in [1.54, 1.807) is 48.5 Å². The summed E-state index contributed by atoms with van der Waals surface area (Å²) < 4.78 is 45.5. The van der Waals surface area contributed by atoms with E-state index >= 15 is 0 Å². The number of hydrogen-bond acceptors (Lipinski definition) is 3. The zero-order chi connectivity index (χ0) is 21.7. The standard InChI is InChI=1S/C23H18F3NO3/c1-14(22(28)27-18-13-12-17(24)20(25)21(18)26)30-23(29)19(15-8-4-2-5-9-15)16-10-6-3-7-11-16/h2-14,19H,1H3,(H,27,28)/t14-/m1/s1. The van der Waals surface area contributed by atoms with E-state index in [-0.39, 0.29) is 0 Å². The lowest BCUT2D eigenvalue weighted by molar-refractivity contribution is -0.153. The maximum atomic E-state index is 13.8. The molecular weight excluding hydrogens is 395 g/mol. The van der Waals surface area contributed by atoms with Gasteiger partial charge in [0.15, 0.2) is 23.6 Å². The average Bonchev–Trinajstić information content (AvgIpc) is 2.75. The van der Waals surface area contributed by atoms with Crippen LogP contribution in [0.15, 0.2) is 72.8 Å². The van der Waals surface area contributed by atoms with Gasteiger partial charge in [0, 0.05) is 0 Å². The number of carbonyl (C=O) groups is 2. The molecule has 0 bridgehead atoms. The molecule has 0 aliphatic carbocycles. The van der Waals surface area contributed by atoms with Crippen molar-refractivity contribution in [2.24, 2.45) is 0 Å². The van der Waals surface area contributed by atoms with Crippen molar-refractivity contribution in [3.05, 3.63) is 101 Å². The summed E-state index contributed by atoms with van der Waals surface area (Å²) in [6, 6.07) is 19.4. The van der Waals surface area contributed by atoms with Crippen LogP contribution in [0.2, 0.25) is 0 Å². The highest BCUT2D eigenvalue weighted by atomic mass is 19.2.